The lowest BCUT2D eigenvalue weighted by molar-refractivity contribution is -0.142. The highest BCUT2D eigenvalue weighted by Crippen LogP contribution is 2.38. The van der Waals surface area contributed by atoms with E-state index < -0.39 is 5.97 Å². The fraction of sp³-hybridized carbons (Fsp3) is 0.929. The summed E-state index contributed by atoms with van der Waals surface area (Å²) < 4.78 is 0. The molecule has 0 aliphatic carbocycles. The van der Waals surface area contributed by atoms with E-state index in [1.165, 1.54) is 25.7 Å². The van der Waals surface area contributed by atoms with Gasteiger partial charge in [0.25, 0.3) is 0 Å². The molecule has 0 aromatic carbocycles. The minimum atomic E-state index is -0.610. The van der Waals surface area contributed by atoms with E-state index in [1.54, 1.807) is 0 Å². The van der Waals surface area contributed by atoms with Crippen LogP contribution in [0.5, 0.6) is 0 Å². The van der Waals surface area contributed by atoms with Crippen LogP contribution in [0.2, 0.25) is 0 Å². The first-order valence-electron chi connectivity index (χ1n) is 7.25. The fourth-order valence-electron chi connectivity index (χ4n) is 4.30. The number of carbonyl (C=O) groups is 1. The molecule has 102 valence electrons. The van der Waals surface area contributed by atoms with Crippen LogP contribution in [0.4, 0.5) is 0 Å². The van der Waals surface area contributed by atoms with Crippen LogP contribution in [0.25, 0.3) is 0 Å². The van der Waals surface area contributed by atoms with Crippen molar-refractivity contribution in [3.63, 3.8) is 0 Å². The lowest BCUT2D eigenvalue weighted by Gasteiger charge is -2.40. The molecule has 0 spiro atoms. The molecule has 18 heavy (non-hydrogen) atoms. The van der Waals surface area contributed by atoms with Crippen molar-refractivity contribution in [3.8, 4) is 0 Å². The molecule has 4 atom stereocenters. The Kier molecular flexibility index (Phi) is 3.10. The SMILES string of the molecule is C[C@@H]1CN(C2CC3CCC(C2)N3C)C[C@H]1C(=O)O. The average Bonchev–Trinajstić information content (AvgIpc) is 2.77. The third-order valence-electron chi connectivity index (χ3n) is 5.55. The summed E-state index contributed by atoms with van der Waals surface area (Å²) >= 11 is 0. The second-order valence-corrected chi connectivity index (χ2v) is 6.55. The van der Waals surface area contributed by atoms with Gasteiger partial charge in [0.2, 0.25) is 0 Å². The number of fused-ring (bicyclic) bond motifs is 2. The third kappa shape index (κ3) is 1.95. The Morgan fingerprint density at radius 1 is 1.11 bits per heavy atom. The van der Waals surface area contributed by atoms with Crippen molar-refractivity contribution in [2.45, 2.75) is 50.7 Å². The fourth-order valence-corrected chi connectivity index (χ4v) is 4.30. The standard InChI is InChI=1S/C14H24N2O2/c1-9-7-16(8-13(9)14(17)18)12-5-10-3-4-11(6-12)15(10)2/h9-13H,3-8H2,1-2H3,(H,17,18)/t9-,10?,11?,12?,13-/m1/s1. The number of carboxylic acid groups (broad SMARTS) is 1. The summed E-state index contributed by atoms with van der Waals surface area (Å²) in [5, 5.41) is 9.22. The van der Waals surface area contributed by atoms with Crippen LogP contribution in [0.3, 0.4) is 0 Å². The second kappa shape index (κ2) is 4.49. The number of likely N-dealkylation sites (tertiary alicyclic amines) is 1. The van der Waals surface area contributed by atoms with Crippen molar-refractivity contribution in [2.24, 2.45) is 11.8 Å². The van der Waals surface area contributed by atoms with E-state index in [-0.39, 0.29) is 5.92 Å². The predicted octanol–water partition coefficient (Wildman–Crippen LogP) is 1.26. The number of aliphatic carboxylic acids is 1. The Labute approximate surface area is 109 Å². The number of piperidine rings is 1. The molecule has 0 aromatic rings. The van der Waals surface area contributed by atoms with Gasteiger partial charge in [-0.2, -0.15) is 0 Å². The van der Waals surface area contributed by atoms with Crippen LogP contribution in [0, 0.1) is 11.8 Å². The maximum absolute atomic E-state index is 11.2. The Bertz CT molecular complexity index is 333. The van der Waals surface area contributed by atoms with Gasteiger partial charge in [-0.3, -0.25) is 9.69 Å². The molecular formula is C14H24N2O2. The van der Waals surface area contributed by atoms with E-state index in [4.69, 9.17) is 0 Å². The molecule has 0 saturated carbocycles. The predicted molar refractivity (Wildman–Crippen MR) is 69.5 cm³/mol. The summed E-state index contributed by atoms with van der Waals surface area (Å²) in [5.41, 5.74) is 0. The molecule has 3 heterocycles. The molecule has 3 aliphatic rings. The molecule has 3 aliphatic heterocycles. The molecule has 0 amide bonds. The van der Waals surface area contributed by atoms with Gasteiger partial charge >= 0.3 is 5.97 Å². The second-order valence-electron chi connectivity index (χ2n) is 6.55. The highest BCUT2D eigenvalue weighted by molar-refractivity contribution is 5.71. The molecule has 3 fully saturated rings. The molecule has 0 aromatic heterocycles. The maximum Gasteiger partial charge on any atom is 0.308 e. The van der Waals surface area contributed by atoms with Crippen molar-refractivity contribution >= 4 is 5.97 Å². The average molecular weight is 252 g/mol. The van der Waals surface area contributed by atoms with Gasteiger partial charge in [-0.05, 0) is 38.6 Å². The third-order valence-corrected chi connectivity index (χ3v) is 5.55. The molecular weight excluding hydrogens is 228 g/mol. The summed E-state index contributed by atoms with van der Waals surface area (Å²) in [4.78, 5) is 16.2. The van der Waals surface area contributed by atoms with Crippen LogP contribution in [-0.4, -0.2) is 59.1 Å². The van der Waals surface area contributed by atoms with Gasteiger partial charge in [0.15, 0.2) is 0 Å². The Morgan fingerprint density at radius 2 is 1.72 bits per heavy atom. The first-order valence-corrected chi connectivity index (χ1v) is 7.25. The number of hydrogen-bond acceptors (Lipinski definition) is 3. The van der Waals surface area contributed by atoms with Gasteiger partial charge in [-0.1, -0.05) is 6.92 Å². The highest BCUT2D eigenvalue weighted by Gasteiger charge is 2.44. The van der Waals surface area contributed by atoms with Crippen molar-refractivity contribution in [1.82, 2.24) is 9.80 Å². The van der Waals surface area contributed by atoms with Crippen LogP contribution >= 0.6 is 0 Å². The van der Waals surface area contributed by atoms with Gasteiger partial charge in [0, 0.05) is 31.2 Å². The number of carboxylic acids is 1. The minimum absolute atomic E-state index is 0.151. The van der Waals surface area contributed by atoms with Gasteiger partial charge < -0.3 is 10.0 Å². The van der Waals surface area contributed by atoms with Crippen LogP contribution < -0.4 is 0 Å². The lowest BCUT2D eigenvalue weighted by Crippen LogP contribution is -2.48. The van der Waals surface area contributed by atoms with Gasteiger partial charge in [0.05, 0.1) is 5.92 Å². The number of hydrogen-bond donors (Lipinski definition) is 1. The zero-order valence-electron chi connectivity index (χ0n) is 11.4. The van der Waals surface area contributed by atoms with Gasteiger partial charge in [-0.15, -0.1) is 0 Å². The lowest BCUT2D eigenvalue weighted by atomic mass is 9.97. The molecule has 4 heteroatoms. The first kappa shape index (κ1) is 12.4. The Morgan fingerprint density at radius 3 is 2.22 bits per heavy atom. The summed E-state index contributed by atoms with van der Waals surface area (Å²) in [6.07, 6.45) is 5.16. The van der Waals surface area contributed by atoms with Crippen molar-refractivity contribution in [1.29, 1.82) is 0 Å². The molecule has 2 unspecified atom stereocenters. The van der Waals surface area contributed by atoms with E-state index in [0.717, 1.165) is 25.2 Å². The van der Waals surface area contributed by atoms with Gasteiger partial charge in [-0.25, -0.2) is 0 Å². The summed E-state index contributed by atoms with van der Waals surface area (Å²) in [6, 6.07) is 2.12. The van der Waals surface area contributed by atoms with Crippen molar-refractivity contribution in [2.75, 3.05) is 20.1 Å². The Balaban J connectivity index is 1.65. The van der Waals surface area contributed by atoms with E-state index in [2.05, 4.69) is 23.8 Å². The normalized spacial score (nSPS) is 45.6. The largest absolute Gasteiger partial charge is 0.481 e. The van der Waals surface area contributed by atoms with Crippen molar-refractivity contribution in [3.05, 3.63) is 0 Å². The zero-order valence-corrected chi connectivity index (χ0v) is 11.4. The molecule has 0 radical (unpaired) electrons. The van der Waals surface area contributed by atoms with E-state index >= 15 is 0 Å². The molecule has 2 bridgehead atoms. The van der Waals surface area contributed by atoms with Crippen LogP contribution in [-0.2, 0) is 4.79 Å². The summed E-state index contributed by atoms with van der Waals surface area (Å²) in [5.74, 6) is -0.456. The molecule has 3 saturated heterocycles. The number of nitrogens with zero attached hydrogens (tertiary/aromatic N) is 2. The number of rotatable bonds is 2. The van der Waals surface area contributed by atoms with Crippen LogP contribution in [0.15, 0.2) is 0 Å². The highest BCUT2D eigenvalue weighted by atomic mass is 16.4. The molecule has 1 N–H and O–H groups in total. The van der Waals surface area contributed by atoms with E-state index in [9.17, 15) is 9.90 Å². The first-order chi connectivity index (χ1) is 8.56. The monoisotopic (exact) mass is 252 g/mol. The van der Waals surface area contributed by atoms with Crippen LogP contribution in [0.1, 0.15) is 32.6 Å². The summed E-state index contributed by atoms with van der Waals surface area (Å²) in [6.45, 7) is 3.83. The topological polar surface area (TPSA) is 43.8 Å². The Hall–Kier alpha value is -0.610. The van der Waals surface area contributed by atoms with E-state index in [0.29, 0.717) is 12.0 Å². The van der Waals surface area contributed by atoms with E-state index in [1.807, 2.05) is 0 Å². The molecule has 3 rings (SSSR count). The minimum Gasteiger partial charge on any atom is -0.481 e. The quantitative estimate of drug-likeness (QED) is 0.803. The van der Waals surface area contributed by atoms with Crippen molar-refractivity contribution < 1.29 is 9.90 Å². The zero-order chi connectivity index (χ0) is 12.9. The van der Waals surface area contributed by atoms with Gasteiger partial charge in [0.1, 0.15) is 0 Å². The maximum atomic E-state index is 11.2. The smallest absolute Gasteiger partial charge is 0.308 e. The molecule has 4 nitrogen and oxygen atoms in total. The summed E-state index contributed by atoms with van der Waals surface area (Å²) in [7, 11) is 2.26.